The highest BCUT2D eigenvalue weighted by Crippen LogP contribution is 2.19. The number of aryl methyl sites for hydroxylation is 2. The monoisotopic (exact) mass is 365 g/mol. The van der Waals surface area contributed by atoms with Gasteiger partial charge in [0.2, 0.25) is 11.7 Å². The van der Waals surface area contributed by atoms with Gasteiger partial charge in [0.25, 0.3) is 0 Å². The van der Waals surface area contributed by atoms with Gasteiger partial charge in [-0.25, -0.2) is 0 Å². The number of aromatic nitrogens is 4. The average molecular weight is 365 g/mol. The highest BCUT2D eigenvalue weighted by molar-refractivity contribution is 5.91. The van der Waals surface area contributed by atoms with Crippen molar-refractivity contribution in [2.75, 3.05) is 11.9 Å². The third kappa shape index (κ3) is 4.91. The van der Waals surface area contributed by atoms with Crippen molar-refractivity contribution in [2.24, 2.45) is 0 Å². The summed E-state index contributed by atoms with van der Waals surface area (Å²) >= 11 is 0. The normalized spacial score (nSPS) is 10.6. The smallest absolute Gasteiger partial charge is 0.248 e. The Balaban J connectivity index is 1.63. The molecular formula is C20H23N5O2. The Morgan fingerprint density at radius 1 is 1.15 bits per heavy atom. The van der Waals surface area contributed by atoms with Crippen LogP contribution in [0, 0.1) is 13.8 Å². The molecule has 0 aliphatic rings. The maximum absolute atomic E-state index is 12.3. The number of amides is 1. The number of ether oxygens (including phenoxy) is 1. The van der Waals surface area contributed by atoms with E-state index in [1.807, 2.05) is 56.3 Å². The second-order valence-electron chi connectivity index (χ2n) is 6.38. The van der Waals surface area contributed by atoms with Crippen molar-refractivity contribution in [3.63, 3.8) is 0 Å². The van der Waals surface area contributed by atoms with Crippen molar-refractivity contribution in [1.82, 2.24) is 20.2 Å². The van der Waals surface area contributed by atoms with Crippen LogP contribution in [0.25, 0.3) is 11.4 Å². The van der Waals surface area contributed by atoms with Crippen LogP contribution in [0.15, 0.2) is 42.5 Å². The fourth-order valence-corrected chi connectivity index (χ4v) is 2.53. The van der Waals surface area contributed by atoms with Crippen molar-refractivity contribution in [3.8, 4) is 17.1 Å². The molecule has 7 heteroatoms. The summed E-state index contributed by atoms with van der Waals surface area (Å²) in [7, 11) is 0. The summed E-state index contributed by atoms with van der Waals surface area (Å²) in [6, 6.07) is 13.4. The highest BCUT2D eigenvalue weighted by atomic mass is 16.5. The molecule has 1 N–H and O–H groups in total. The molecule has 0 aliphatic carbocycles. The van der Waals surface area contributed by atoms with Crippen molar-refractivity contribution in [1.29, 1.82) is 0 Å². The maximum Gasteiger partial charge on any atom is 0.248 e. The van der Waals surface area contributed by atoms with Gasteiger partial charge in [0.15, 0.2) is 0 Å². The van der Waals surface area contributed by atoms with E-state index in [4.69, 9.17) is 4.74 Å². The topological polar surface area (TPSA) is 81.9 Å². The van der Waals surface area contributed by atoms with Gasteiger partial charge in [0, 0.05) is 11.3 Å². The quantitative estimate of drug-likeness (QED) is 0.694. The van der Waals surface area contributed by atoms with Gasteiger partial charge in [-0.2, -0.15) is 4.80 Å². The third-order valence-electron chi connectivity index (χ3n) is 3.99. The van der Waals surface area contributed by atoms with Crippen molar-refractivity contribution in [3.05, 3.63) is 53.6 Å². The molecule has 0 atom stereocenters. The van der Waals surface area contributed by atoms with Gasteiger partial charge in [-0.3, -0.25) is 4.79 Å². The molecular weight excluding hydrogens is 342 g/mol. The van der Waals surface area contributed by atoms with Gasteiger partial charge in [-0.15, -0.1) is 10.2 Å². The zero-order valence-electron chi connectivity index (χ0n) is 15.8. The number of rotatable bonds is 7. The lowest BCUT2D eigenvalue weighted by molar-refractivity contribution is -0.117. The summed E-state index contributed by atoms with van der Waals surface area (Å²) < 4.78 is 5.56. The Kier molecular flexibility index (Phi) is 5.80. The Labute approximate surface area is 158 Å². The van der Waals surface area contributed by atoms with E-state index in [9.17, 15) is 4.79 Å². The van der Waals surface area contributed by atoms with Gasteiger partial charge < -0.3 is 10.1 Å². The number of benzene rings is 2. The summed E-state index contributed by atoms with van der Waals surface area (Å²) in [4.78, 5) is 13.6. The molecule has 3 aromatic rings. The van der Waals surface area contributed by atoms with Crippen molar-refractivity contribution < 1.29 is 9.53 Å². The molecule has 0 unspecified atom stereocenters. The van der Waals surface area contributed by atoms with Gasteiger partial charge in [0.1, 0.15) is 12.3 Å². The first-order valence-corrected chi connectivity index (χ1v) is 8.93. The van der Waals surface area contributed by atoms with E-state index in [1.54, 1.807) is 0 Å². The summed E-state index contributed by atoms with van der Waals surface area (Å²) in [6.45, 7) is 6.68. The first-order chi connectivity index (χ1) is 13.0. The van der Waals surface area contributed by atoms with Crippen LogP contribution in [0.2, 0.25) is 0 Å². The molecule has 0 fully saturated rings. The molecule has 1 aromatic heterocycles. The Hall–Kier alpha value is -3.22. The molecule has 2 aromatic carbocycles. The van der Waals surface area contributed by atoms with E-state index in [1.165, 1.54) is 4.80 Å². The van der Waals surface area contributed by atoms with E-state index in [0.717, 1.165) is 34.5 Å². The van der Waals surface area contributed by atoms with Crippen LogP contribution >= 0.6 is 0 Å². The van der Waals surface area contributed by atoms with Gasteiger partial charge in [-0.05, 0) is 66.9 Å². The summed E-state index contributed by atoms with van der Waals surface area (Å²) in [5.74, 6) is 1.08. The molecule has 3 rings (SSSR count). The molecule has 0 spiro atoms. The number of nitrogens with one attached hydrogen (secondary N) is 1. The van der Waals surface area contributed by atoms with E-state index in [0.29, 0.717) is 12.4 Å². The number of tetrazole rings is 1. The Morgan fingerprint density at radius 2 is 1.93 bits per heavy atom. The molecule has 27 heavy (non-hydrogen) atoms. The number of carbonyl (C=O) groups is 1. The third-order valence-corrected chi connectivity index (χ3v) is 3.99. The summed E-state index contributed by atoms with van der Waals surface area (Å²) in [6.07, 6.45) is 0.960. The lowest BCUT2D eigenvalue weighted by atomic mass is 10.1. The first kappa shape index (κ1) is 18.6. The second-order valence-corrected chi connectivity index (χ2v) is 6.38. The van der Waals surface area contributed by atoms with Gasteiger partial charge >= 0.3 is 0 Å². The van der Waals surface area contributed by atoms with Crippen LogP contribution in [0.1, 0.15) is 24.5 Å². The van der Waals surface area contributed by atoms with E-state index in [2.05, 4.69) is 27.7 Å². The number of hydrogen-bond donors (Lipinski definition) is 1. The van der Waals surface area contributed by atoms with Gasteiger partial charge in [-0.1, -0.05) is 19.1 Å². The minimum Gasteiger partial charge on any atom is -0.494 e. The highest BCUT2D eigenvalue weighted by Gasteiger charge is 2.11. The molecule has 0 aliphatic heterocycles. The number of hydrogen-bond acceptors (Lipinski definition) is 5. The zero-order chi connectivity index (χ0) is 19.2. The van der Waals surface area contributed by atoms with Gasteiger partial charge in [0.05, 0.1) is 6.61 Å². The molecule has 0 bridgehead atoms. The predicted octanol–water partition coefficient (Wildman–Crippen LogP) is 3.38. The summed E-state index contributed by atoms with van der Waals surface area (Å²) in [5.41, 5.74) is 3.71. The van der Waals surface area contributed by atoms with Crippen LogP contribution in [0.5, 0.6) is 5.75 Å². The zero-order valence-corrected chi connectivity index (χ0v) is 15.8. The molecule has 0 radical (unpaired) electrons. The Morgan fingerprint density at radius 3 is 2.67 bits per heavy atom. The van der Waals surface area contributed by atoms with Crippen LogP contribution in [0.3, 0.4) is 0 Å². The van der Waals surface area contributed by atoms with Crippen LogP contribution in [-0.4, -0.2) is 32.7 Å². The maximum atomic E-state index is 12.3. The molecule has 0 saturated carbocycles. The first-order valence-electron chi connectivity index (χ1n) is 8.93. The predicted molar refractivity (Wildman–Crippen MR) is 104 cm³/mol. The fourth-order valence-electron chi connectivity index (χ4n) is 2.53. The molecule has 7 nitrogen and oxygen atoms in total. The van der Waals surface area contributed by atoms with E-state index in [-0.39, 0.29) is 12.5 Å². The van der Waals surface area contributed by atoms with Crippen molar-refractivity contribution in [2.45, 2.75) is 33.7 Å². The second kappa shape index (κ2) is 8.44. The minimum absolute atomic E-state index is 0.00191. The molecule has 1 amide bonds. The van der Waals surface area contributed by atoms with Crippen molar-refractivity contribution >= 4 is 11.6 Å². The molecule has 140 valence electrons. The minimum atomic E-state index is -0.198. The van der Waals surface area contributed by atoms with E-state index >= 15 is 0 Å². The summed E-state index contributed by atoms with van der Waals surface area (Å²) in [5, 5.41) is 15.2. The number of nitrogens with zero attached hydrogens (tertiary/aromatic N) is 4. The average Bonchev–Trinajstić information content (AvgIpc) is 3.11. The SMILES string of the molecule is CCCOc1ccc(-c2nnn(CC(=O)Nc3cc(C)ccc3C)n2)cc1. The van der Waals surface area contributed by atoms with Crippen LogP contribution in [0.4, 0.5) is 5.69 Å². The molecule has 0 saturated heterocycles. The molecule has 1 heterocycles. The largest absolute Gasteiger partial charge is 0.494 e. The fraction of sp³-hybridized carbons (Fsp3) is 0.300. The van der Waals surface area contributed by atoms with E-state index < -0.39 is 0 Å². The number of anilines is 1. The lowest BCUT2D eigenvalue weighted by Gasteiger charge is -2.08. The lowest BCUT2D eigenvalue weighted by Crippen LogP contribution is -2.21. The Bertz CT molecular complexity index is 918. The van der Waals surface area contributed by atoms with Crippen LogP contribution < -0.4 is 10.1 Å². The number of carbonyl (C=O) groups excluding carboxylic acids is 1. The van der Waals surface area contributed by atoms with Crippen LogP contribution in [-0.2, 0) is 11.3 Å². The standard InChI is InChI=1S/C20H23N5O2/c1-4-11-27-17-9-7-16(8-10-17)20-22-24-25(23-20)13-19(26)21-18-12-14(2)5-6-15(18)3/h5-10,12H,4,11,13H2,1-3H3,(H,21,26).